The fourth-order valence-electron chi connectivity index (χ4n) is 1.89. The van der Waals surface area contributed by atoms with Gasteiger partial charge in [0.15, 0.2) is 5.03 Å². The van der Waals surface area contributed by atoms with E-state index in [9.17, 15) is 8.42 Å². The zero-order valence-electron chi connectivity index (χ0n) is 9.78. The van der Waals surface area contributed by atoms with Gasteiger partial charge in [-0.1, -0.05) is 6.92 Å². The van der Waals surface area contributed by atoms with Crippen molar-refractivity contribution in [1.29, 1.82) is 0 Å². The molecule has 2 heterocycles. The second kappa shape index (κ2) is 4.93. The van der Waals surface area contributed by atoms with Gasteiger partial charge < -0.3 is 5.73 Å². The summed E-state index contributed by atoms with van der Waals surface area (Å²) in [7, 11) is -1.82. The second-order valence-electron chi connectivity index (χ2n) is 4.26. The Morgan fingerprint density at radius 3 is 2.53 bits per heavy atom. The lowest BCUT2D eigenvalue weighted by Gasteiger charge is -2.15. The Balaban J connectivity index is 0.00000144. The third-order valence-corrected chi connectivity index (χ3v) is 4.92. The molecule has 0 bridgehead atoms. The van der Waals surface area contributed by atoms with Crippen molar-refractivity contribution in [3.63, 3.8) is 0 Å². The Bertz CT molecular complexity index is 477. The molecule has 1 fully saturated rings. The van der Waals surface area contributed by atoms with Gasteiger partial charge in [-0.2, -0.15) is 9.40 Å². The fourth-order valence-corrected chi connectivity index (χ4v) is 3.57. The molecule has 2 atom stereocenters. The van der Waals surface area contributed by atoms with Crippen LogP contribution in [0, 0.1) is 5.92 Å². The van der Waals surface area contributed by atoms with Crippen LogP contribution in [0.1, 0.15) is 6.92 Å². The van der Waals surface area contributed by atoms with E-state index in [1.54, 1.807) is 7.05 Å². The first-order chi connectivity index (χ1) is 7.43. The predicted molar refractivity (Wildman–Crippen MR) is 66.4 cm³/mol. The summed E-state index contributed by atoms with van der Waals surface area (Å²) in [5.74, 6) is 0.197. The number of rotatable bonds is 2. The Labute approximate surface area is 107 Å². The van der Waals surface area contributed by atoms with Crippen LogP contribution in [0.3, 0.4) is 0 Å². The lowest BCUT2D eigenvalue weighted by atomic mass is 10.1. The molecule has 1 aromatic heterocycles. The van der Waals surface area contributed by atoms with Crippen molar-refractivity contribution >= 4 is 22.4 Å². The van der Waals surface area contributed by atoms with E-state index in [0.717, 1.165) is 0 Å². The topological polar surface area (TPSA) is 81.2 Å². The van der Waals surface area contributed by atoms with Gasteiger partial charge in [-0.3, -0.25) is 4.68 Å². The van der Waals surface area contributed by atoms with Gasteiger partial charge in [0, 0.05) is 26.2 Å². The quantitative estimate of drug-likeness (QED) is 0.814. The number of sulfonamides is 1. The molecule has 1 aliphatic rings. The maximum absolute atomic E-state index is 12.2. The van der Waals surface area contributed by atoms with E-state index in [-0.39, 0.29) is 29.4 Å². The predicted octanol–water partition coefficient (Wildman–Crippen LogP) is -0.190. The van der Waals surface area contributed by atoms with Gasteiger partial charge in [0.25, 0.3) is 10.0 Å². The summed E-state index contributed by atoms with van der Waals surface area (Å²) in [4.78, 5) is 0. The number of aryl methyl sites for hydroxylation is 1. The van der Waals surface area contributed by atoms with Crippen LogP contribution in [0.5, 0.6) is 0 Å². The molecule has 1 saturated heterocycles. The van der Waals surface area contributed by atoms with Gasteiger partial charge in [0.2, 0.25) is 0 Å². The minimum absolute atomic E-state index is 0. The molecule has 0 spiro atoms. The Hall–Kier alpha value is -0.630. The summed E-state index contributed by atoms with van der Waals surface area (Å²) in [5, 5.41) is 4.09. The molecule has 0 aliphatic carbocycles. The van der Waals surface area contributed by atoms with Crippen LogP contribution in [0.15, 0.2) is 17.3 Å². The van der Waals surface area contributed by atoms with Crippen LogP contribution in [0.2, 0.25) is 0 Å². The Kier molecular flexibility index (Phi) is 4.19. The van der Waals surface area contributed by atoms with Gasteiger partial charge in [0.1, 0.15) is 0 Å². The van der Waals surface area contributed by atoms with Crippen LogP contribution in [0.4, 0.5) is 0 Å². The molecule has 98 valence electrons. The SMILES string of the molecule is CC1CN(S(=O)(=O)c2ccnn2C)CC1N.Cl. The molecule has 0 radical (unpaired) electrons. The van der Waals surface area contributed by atoms with Crippen LogP contribution in [0.25, 0.3) is 0 Å². The monoisotopic (exact) mass is 280 g/mol. The molecule has 2 rings (SSSR count). The molecular formula is C9H17ClN4O2S. The maximum Gasteiger partial charge on any atom is 0.260 e. The largest absolute Gasteiger partial charge is 0.326 e. The highest BCUT2D eigenvalue weighted by molar-refractivity contribution is 7.89. The van der Waals surface area contributed by atoms with Crippen molar-refractivity contribution < 1.29 is 8.42 Å². The highest BCUT2D eigenvalue weighted by Gasteiger charge is 2.36. The number of hydrogen-bond donors (Lipinski definition) is 1. The molecule has 0 amide bonds. The molecule has 2 unspecified atom stereocenters. The molecule has 8 heteroatoms. The first-order valence-electron chi connectivity index (χ1n) is 5.16. The molecule has 17 heavy (non-hydrogen) atoms. The smallest absolute Gasteiger partial charge is 0.260 e. The number of nitrogens with zero attached hydrogens (tertiary/aromatic N) is 3. The van der Waals surface area contributed by atoms with Gasteiger partial charge >= 0.3 is 0 Å². The van der Waals surface area contributed by atoms with E-state index in [2.05, 4.69) is 5.10 Å². The minimum Gasteiger partial charge on any atom is -0.326 e. The first kappa shape index (κ1) is 14.4. The molecule has 0 aromatic carbocycles. The maximum atomic E-state index is 12.2. The summed E-state index contributed by atoms with van der Waals surface area (Å²) in [6, 6.07) is 1.42. The highest BCUT2D eigenvalue weighted by atomic mass is 35.5. The van der Waals surface area contributed by atoms with E-state index >= 15 is 0 Å². The second-order valence-corrected chi connectivity index (χ2v) is 6.14. The molecule has 0 saturated carbocycles. The molecule has 1 aliphatic heterocycles. The van der Waals surface area contributed by atoms with E-state index in [1.807, 2.05) is 6.92 Å². The number of hydrogen-bond acceptors (Lipinski definition) is 4. The van der Waals surface area contributed by atoms with Gasteiger partial charge in [0.05, 0.1) is 6.20 Å². The van der Waals surface area contributed by atoms with Gasteiger partial charge in [-0.25, -0.2) is 8.42 Å². The lowest BCUT2D eigenvalue weighted by molar-refractivity contribution is 0.455. The average molecular weight is 281 g/mol. The summed E-state index contributed by atoms with van der Waals surface area (Å²) in [6.07, 6.45) is 1.48. The van der Waals surface area contributed by atoms with Gasteiger partial charge in [-0.05, 0) is 12.0 Å². The van der Waals surface area contributed by atoms with E-state index in [4.69, 9.17) is 5.73 Å². The number of halogens is 1. The fraction of sp³-hybridized carbons (Fsp3) is 0.667. The third kappa shape index (κ3) is 2.47. The average Bonchev–Trinajstić information content (AvgIpc) is 2.75. The van der Waals surface area contributed by atoms with Crippen molar-refractivity contribution in [2.45, 2.75) is 18.0 Å². The van der Waals surface area contributed by atoms with E-state index < -0.39 is 10.0 Å². The van der Waals surface area contributed by atoms with Crippen molar-refractivity contribution in [3.8, 4) is 0 Å². The minimum atomic E-state index is -3.44. The summed E-state index contributed by atoms with van der Waals surface area (Å²) in [5.41, 5.74) is 5.83. The number of nitrogens with two attached hydrogens (primary N) is 1. The molecule has 2 N–H and O–H groups in total. The normalized spacial score (nSPS) is 25.8. The van der Waals surface area contributed by atoms with Crippen molar-refractivity contribution in [2.75, 3.05) is 13.1 Å². The van der Waals surface area contributed by atoms with Crippen LogP contribution in [-0.4, -0.2) is 41.6 Å². The van der Waals surface area contributed by atoms with Crippen LogP contribution < -0.4 is 5.73 Å². The van der Waals surface area contributed by atoms with Crippen molar-refractivity contribution in [1.82, 2.24) is 14.1 Å². The van der Waals surface area contributed by atoms with Gasteiger partial charge in [-0.15, -0.1) is 12.4 Å². The molecule has 1 aromatic rings. The lowest BCUT2D eigenvalue weighted by Crippen LogP contribution is -2.33. The Morgan fingerprint density at radius 1 is 1.47 bits per heavy atom. The standard InChI is InChI=1S/C9H16N4O2S.ClH/c1-7-5-13(6-8(7)10)16(14,15)9-3-4-11-12(9)2;/h3-4,7-8H,5-6,10H2,1-2H3;1H. The zero-order chi connectivity index (χ0) is 11.9. The molecule has 6 nitrogen and oxygen atoms in total. The van der Waals surface area contributed by atoms with Crippen LogP contribution >= 0.6 is 12.4 Å². The van der Waals surface area contributed by atoms with E-state index in [0.29, 0.717) is 13.1 Å². The summed E-state index contributed by atoms with van der Waals surface area (Å²) in [6.45, 7) is 2.83. The van der Waals surface area contributed by atoms with Crippen molar-refractivity contribution in [2.24, 2.45) is 18.7 Å². The molecular weight excluding hydrogens is 264 g/mol. The van der Waals surface area contributed by atoms with E-state index in [1.165, 1.54) is 21.3 Å². The highest BCUT2D eigenvalue weighted by Crippen LogP contribution is 2.22. The first-order valence-corrected chi connectivity index (χ1v) is 6.60. The number of aromatic nitrogens is 2. The zero-order valence-corrected chi connectivity index (χ0v) is 11.4. The van der Waals surface area contributed by atoms with Crippen LogP contribution in [-0.2, 0) is 17.1 Å². The summed E-state index contributed by atoms with van der Waals surface area (Å²) >= 11 is 0. The Morgan fingerprint density at radius 2 is 2.12 bits per heavy atom. The summed E-state index contributed by atoms with van der Waals surface area (Å²) < 4.78 is 27.2. The third-order valence-electron chi connectivity index (χ3n) is 3.02. The van der Waals surface area contributed by atoms with Crippen molar-refractivity contribution in [3.05, 3.63) is 12.3 Å².